The van der Waals surface area contributed by atoms with Crippen molar-refractivity contribution in [3.63, 3.8) is 0 Å². The Balaban J connectivity index is 2.85. The summed E-state index contributed by atoms with van der Waals surface area (Å²) in [6.45, 7) is 3.46. The van der Waals surface area contributed by atoms with Crippen LogP contribution in [-0.4, -0.2) is 36.3 Å². The van der Waals surface area contributed by atoms with Crippen molar-refractivity contribution in [3.05, 3.63) is 29.8 Å². The minimum atomic E-state index is 0.0332. The van der Waals surface area contributed by atoms with Crippen LogP contribution in [0.2, 0.25) is 0 Å². The molecule has 0 saturated carbocycles. The van der Waals surface area contributed by atoms with Crippen molar-refractivity contribution in [1.29, 1.82) is 0 Å². The van der Waals surface area contributed by atoms with E-state index in [0.29, 0.717) is 17.9 Å². The zero-order valence-corrected chi connectivity index (χ0v) is 11.9. The molecule has 1 aromatic carbocycles. The van der Waals surface area contributed by atoms with Gasteiger partial charge in [0.2, 0.25) is 0 Å². The number of hydrogen-bond acceptors (Lipinski definition) is 2. The summed E-state index contributed by atoms with van der Waals surface area (Å²) in [5.41, 5.74) is 0.631. The first kappa shape index (κ1) is 14.0. The zero-order chi connectivity index (χ0) is 12.7. The van der Waals surface area contributed by atoms with Gasteiger partial charge < -0.3 is 9.64 Å². The highest BCUT2D eigenvalue weighted by atomic mass is 79.9. The summed E-state index contributed by atoms with van der Waals surface area (Å²) < 4.78 is 5.21. The lowest BCUT2D eigenvalue weighted by Gasteiger charge is -2.21. The van der Waals surface area contributed by atoms with Crippen molar-refractivity contribution >= 4 is 21.8 Å². The first-order chi connectivity index (χ1) is 8.24. The largest absolute Gasteiger partial charge is 0.496 e. The fourth-order valence-corrected chi connectivity index (χ4v) is 1.90. The molecule has 0 atom stereocenters. The quantitative estimate of drug-likeness (QED) is 0.756. The van der Waals surface area contributed by atoms with Crippen LogP contribution in [0.5, 0.6) is 5.75 Å². The van der Waals surface area contributed by atoms with E-state index < -0.39 is 0 Å². The van der Waals surface area contributed by atoms with Crippen LogP contribution in [0.3, 0.4) is 0 Å². The van der Waals surface area contributed by atoms with E-state index in [-0.39, 0.29) is 5.91 Å². The van der Waals surface area contributed by atoms with Crippen molar-refractivity contribution < 1.29 is 9.53 Å². The highest BCUT2D eigenvalue weighted by molar-refractivity contribution is 9.09. The third-order valence-corrected chi connectivity index (χ3v) is 3.13. The molecule has 17 heavy (non-hydrogen) atoms. The van der Waals surface area contributed by atoms with Gasteiger partial charge in [0, 0.05) is 18.4 Å². The second-order valence-corrected chi connectivity index (χ2v) is 4.42. The minimum absolute atomic E-state index is 0.0332. The summed E-state index contributed by atoms with van der Waals surface area (Å²) in [5.74, 6) is 0.667. The van der Waals surface area contributed by atoms with Crippen molar-refractivity contribution in [2.24, 2.45) is 0 Å². The number of hydrogen-bond donors (Lipinski definition) is 0. The van der Waals surface area contributed by atoms with Gasteiger partial charge in [0.15, 0.2) is 0 Å². The van der Waals surface area contributed by atoms with Gasteiger partial charge in [-0.3, -0.25) is 4.79 Å². The van der Waals surface area contributed by atoms with Crippen molar-refractivity contribution in [2.45, 2.75) is 13.3 Å². The number of carbonyl (C=O) groups excluding carboxylic acids is 1. The van der Waals surface area contributed by atoms with Gasteiger partial charge in [0.05, 0.1) is 12.7 Å². The summed E-state index contributed by atoms with van der Waals surface area (Å²) in [6, 6.07) is 7.34. The second-order valence-electron chi connectivity index (χ2n) is 3.63. The van der Waals surface area contributed by atoms with Crippen molar-refractivity contribution in [3.8, 4) is 5.75 Å². The number of benzene rings is 1. The smallest absolute Gasteiger partial charge is 0.257 e. The summed E-state index contributed by atoms with van der Waals surface area (Å²) in [5, 5.41) is 0.905. The molecule has 1 rings (SSSR count). The number of amides is 1. The van der Waals surface area contributed by atoms with Gasteiger partial charge in [-0.05, 0) is 25.5 Å². The number of rotatable bonds is 6. The Morgan fingerprint density at radius 2 is 2.12 bits per heavy atom. The van der Waals surface area contributed by atoms with Crippen LogP contribution in [0.15, 0.2) is 24.3 Å². The van der Waals surface area contributed by atoms with E-state index in [2.05, 4.69) is 15.9 Å². The molecule has 0 heterocycles. The molecular weight excluding hydrogens is 282 g/mol. The molecule has 0 unspecified atom stereocenters. The lowest BCUT2D eigenvalue weighted by molar-refractivity contribution is 0.0761. The molecule has 0 aliphatic heterocycles. The summed E-state index contributed by atoms with van der Waals surface area (Å²) in [6.07, 6.45) is 0.953. The van der Waals surface area contributed by atoms with E-state index in [1.165, 1.54) is 0 Å². The maximum atomic E-state index is 12.3. The fraction of sp³-hybridized carbons (Fsp3) is 0.462. The molecule has 0 aliphatic rings. The number of nitrogens with zero attached hydrogens (tertiary/aromatic N) is 1. The first-order valence-corrected chi connectivity index (χ1v) is 6.85. The maximum absolute atomic E-state index is 12.3. The predicted molar refractivity (Wildman–Crippen MR) is 73.0 cm³/mol. The van der Waals surface area contributed by atoms with Gasteiger partial charge in [0.1, 0.15) is 5.75 Å². The molecule has 1 aromatic rings. The third kappa shape index (κ3) is 3.73. The van der Waals surface area contributed by atoms with Gasteiger partial charge in [-0.15, -0.1) is 0 Å². The molecule has 0 radical (unpaired) electrons. The Bertz CT molecular complexity index is 368. The number of halogens is 1. The average Bonchev–Trinajstić information content (AvgIpc) is 2.39. The monoisotopic (exact) mass is 299 g/mol. The standard InChI is InChI=1S/C13H18BrNO2/c1-3-15(10-6-9-14)13(16)11-7-4-5-8-12(11)17-2/h4-5,7-8H,3,6,9-10H2,1-2H3. The lowest BCUT2D eigenvalue weighted by atomic mass is 10.1. The highest BCUT2D eigenvalue weighted by Crippen LogP contribution is 2.19. The number of alkyl halides is 1. The molecule has 0 aliphatic carbocycles. The van der Waals surface area contributed by atoms with Gasteiger partial charge in [-0.25, -0.2) is 0 Å². The number of carbonyl (C=O) groups is 1. The Morgan fingerprint density at radius 3 is 2.71 bits per heavy atom. The van der Waals surface area contributed by atoms with E-state index in [0.717, 1.165) is 18.3 Å². The topological polar surface area (TPSA) is 29.5 Å². The minimum Gasteiger partial charge on any atom is -0.496 e. The zero-order valence-electron chi connectivity index (χ0n) is 10.3. The number of methoxy groups -OCH3 is 1. The molecule has 0 bridgehead atoms. The van der Waals surface area contributed by atoms with Gasteiger partial charge in [-0.1, -0.05) is 28.1 Å². The molecule has 3 nitrogen and oxygen atoms in total. The van der Waals surface area contributed by atoms with Crippen molar-refractivity contribution in [2.75, 3.05) is 25.5 Å². The maximum Gasteiger partial charge on any atom is 0.257 e. The first-order valence-electron chi connectivity index (χ1n) is 5.72. The van der Waals surface area contributed by atoms with Crippen LogP contribution < -0.4 is 4.74 Å². The normalized spacial score (nSPS) is 10.1. The summed E-state index contributed by atoms with van der Waals surface area (Å²) in [4.78, 5) is 14.1. The molecule has 1 amide bonds. The van der Waals surface area contributed by atoms with Gasteiger partial charge in [0.25, 0.3) is 5.91 Å². The Kier molecular flexibility index (Phi) is 6.05. The average molecular weight is 300 g/mol. The molecule has 4 heteroatoms. The van der Waals surface area contributed by atoms with E-state index in [9.17, 15) is 4.79 Å². The summed E-state index contributed by atoms with van der Waals surface area (Å²) >= 11 is 3.38. The number of ether oxygens (including phenoxy) is 1. The van der Waals surface area contributed by atoms with Crippen LogP contribution >= 0.6 is 15.9 Å². The second kappa shape index (κ2) is 7.33. The molecule has 0 saturated heterocycles. The van der Waals surface area contributed by atoms with E-state index >= 15 is 0 Å². The third-order valence-electron chi connectivity index (χ3n) is 2.57. The van der Waals surface area contributed by atoms with Crippen LogP contribution in [0.4, 0.5) is 0 Å². The SMILES string of the molecule is CCN(CCCBr)C(=O)c1ccccc1OC. The molecule has 94 valence electrons. The van der Waals surface area contributed by atoms with Crippen molar-refractivity contribution in [1.82, 2.24) is 4.90 Å². The molecule has 0 fully saturated rings. The van der Waals surface area contributed by atoms with Gasteiger partial charge in [-0.2, -0.15) is 0 Å². The Hall–Kier alpha value is -1.03. The van der Waals surface area contributed by atoms with Gasteiger partial charge >= 0.3 is 0 Å². The molecule has 0 spiro atoms. The predicted octanol–water partition coefficient (Wildman–Crippen LogP) is 2.94. The molecule has 0 N–H and O–H groups in total. The highest BCUT2D eigenvalue weighted by Gasteiger charge is 2.17. The fourth-order valence-electron chi connectivity index (χ4n) is 1.65. The van der Waals surface area contributed by atoms with Crippen LogP contribution in [-0.2, 0) is 0 Å². The molecular formula is C13H18BrNO2. The Morgan fingerprint density at radius 1 is 1.41 bits per heavy atom. The molecule has 0 aromatic heterocycles. The Labute approximate surface area is 111 Å². The van der Waals surface area contributed by atoms with E-state index in [4.69, 9.17) is 4.74 Å². The number of para-hydroxylation sites is 1. The summed E-state index contributed by atoms with van der Waals surface area (Å²) in [7, 11) is 1.58. The van der Waals surface area contributed by atoms with Crippen LogP contribution in [0.1, 0.15) is 23.7 Å². The van der Waals surface area contributed by atoms with Crippen LogP contribution in [0.25, 0.3) is 0 Å². The van der Waals surface area contributed by atoms with E-state index in [1.807, 2.05) is 30.0 Å². The van der Waals surface area contributed by atoms with Crippen LogP contribution in [0, 0.1) is 0 Å². The van der Waals surface area contributed by atoms with E-state index in [1.54, 1.807) is 13.2 Å². The lowest BCUT2D eigenvalue weighted by Crippen LogP contribution is -2.32.